The number of carboxylic acids is 1. The molecule has 0 radical (unpaired) electrons. The molecule has 84 valence electrons. The second-order valence-corrected chi connectivity index (χ2v) is 4.59. The second-order valence-electron chi connectivity index (χ2n) is 3.27. The minimum atomic E-state index is -0.962. The molecule has 5 heteroatoms. The Morgan fingerprint density at radius 1 is 1.67 bits per heavy atom. The van der Waals surface area contributed by atoms with Gasteiger partial charge in [0.15, 0.2) is 5.12 Å². The van der Waals surface area contributed by atoms with Crippen molar-refractivity contribution in [3.05, 3.63) is 11.6 Å². The van der Waals surface area contributed by atoms with Crippen LogP contribution in [0.25, 0.3) is 0 Å². The van der Waals surface area contributed by atoms with Gasteiger partial charge in [0, 0.05) is 6.92 Å². The van der Waals surface area contributed by atoms with Crippen molar-refractivity contribution in [3.8, 4) is 0 Å². The Morgan fingerprint density at radius 2 is 2.33 bits per heavy atom. The van der Waals surface area contributed by atoms with E-state index in [0.717, 1.165) is 11.8 Å². The van der Waals surface area contributed by atoms with Gasteiger partial charge in [0.1, 0.15) is 0 Å². The van der Waals surface area contributed by atoms with Crippen LogP contribution >= 0.6 is 11.8 Å². The first-order valence-corrected chi connectivity index (χ1v) is 5.66. The molecule has 4 nitrogen and oxygen atoms in total. The van der Waals surface area contributed by atoms with Crippen LogP contribution < -0.4 is 0 Å². The van der Waals surface area contributed by atoms with E-state index in [4.69, 9.17) is 9.84 Å². The Bertz CT molecular complexity index is 298. The molecule has 0 aromatic carbocycles. The minimum Gasteiger partial charge on any atom is -0.478 e. The molecule has 1 heterocycles. The number of carbonyl (C=O) groups is 2. The van der Waals surface area contributed by atoms with Gasteiger partial charge in [-0.1, -0.05) is 18.7 Å². The highest BCUT2D eigenvalue weighted by atomic mass is 32.2. The predicted molar refractivity (Wildman–Crippen MR) is 57.8 cm³/mol. The number of hydrogen-bond acceptors (Lipinski definition) is 4. The summed E-state index contributed by atoms with van der Waals surface area (Å²) in [6, 6.07) is 0. The van der Waals surface area contributed by atoms with Gasteiger partial charge in [-0.2, -0.15) is 0 Å². The molecule has 0 amide bonds. The maximum atomic E-state index is 11.0. The second kappa shape index (κ2) is 5.32. The Labute approximate surface area is 92.7 Å². The van der Waals surface area contributed by atoms with Crippen LogP contribution in [0.2, 0.25) is 0 Å². The average molecular weight is 230 g/mol. The summed E-state index contributed by atoms with van der Waals surface area (Å²) >= 11 is 1.03. The summed E-state index contributed by atoms with van der Waals surface area (Å²) in [5.74, 6) is -0.962. The van der Waals surface area contributed by atoms with Crippen LogP contribution in [0.4, 0.5) is 0 Å². The number of carboxylic acid groups (broad SMARTS) is 1. The molecule has 1 aliphatic heterocycles. The summed E-state index contributed by atoms with van der Waals surface area (Å²) in [7, 11) is 0. The van der Waals surface area contributed by atoms with Gasteiger partial charge in [-0.3, -0.25) is 4.79 Å². The van der Waals surface area contributed by atoms with Crippen molar-refractivity contribution in [2.45, 2.75) is 31.6 Å². The number of aliphatic carboxylic acids is 1. The Morgan fingerprint density at radius 3 is 2.80 bits per heavy atom. The van der Waals surface area contributed by atoms with Crippen LogP contribution in [0.15, 0.2) is 11.6 Å². The van der Waals surface area contributed by atoms with E-state index in [1.54, 1.807) is 0 Å². The summed E-state index contributed by atoms with van der Waals surface area (Å²) in [4.78, 5) is 22.0. The fourth-order valence-corrected chi connectivity index (χ4v) is 2.63. The highest BCUT2D eigenvalue weighted by Gasteiger charge is 2.32. The van der Waals surface area contributed by atoms with Crippen LogP contribution in [0, 0.1) is 0 Å². The van der Waals surface area contributed by atoms with Gasteiger partial charge in [0.25, 0.3) is 0 Å². The largest absolute Gasteiger partial charge is 0.478 e. The maximum absolute atomic E-state index is 11.0. The van der Waals surface area contributed by atoms with Gasteiger partial charge in [0.2, 0.25) is 0 Å². The average Bonchev–Trinajstić information content (AvgIpc) is 2.16. The lowest BCUT2D eigenvalue weighted by Crippen LogP contribution is -2.35. The van der Waals surface area contributed by atoms with E-state index in [1.807, 2.05) is 6.92 Å². The van der Waals surface area contributed by atoms with Gasteiger partial charge >= 0.3 is 5.97 Å². The zero-order valence-corrected chi connectivity index (χ0v) is 9.54. The molecule has 0 aliphatic carbocycles. The van der Waals surface area contributed by atoms with Crippen molar-refractivity contribution in [2.24, 2.45) is 0 Å². The Hall–Kier alpha value is -0.810. The summed E-state index contributed by atoms with van der Waals surface area (Å²) < 4.78 is 5.41. The Balaban J connectivity index is 2.87. The molecule has 2 atom stereocenters. The summed E-state index contributed by atoms with van der Waals surface area (Å²) in [6.45, 7) is 3.67. The van der Waals surface area contributed by atoms with Crippen molar-refractivity contribution in [2.75, 3.05) is 6.61 Å². The van der Waals surface area contributed by atoms with E-state index in [1.165, 1.54) is 13.0 Å². The zero-order valence-electron chi connectivity index (χ0n) is 8.73. The zero-order chi connectivity index (χ0) is 11.4. The number of hydrogen-bond donors (Lipinski definition) is 1. The lowest BCUT2D eigenvalue weighted by atomic mass is 10.0. The summed E-state index contributed by atoms with van der Waals surface area (Å²) in [5, 5.41) is 8.52. The summed E-state index contributed by atoms with van der Waals surface area (Å²) in [5.41, 5.74) is 0.285. The molecule has 15 heavy (non-hydrogen) atoms. The van der Waals surface area contributed by atoms with Crippen molar-refractivity contribution in [1.82, 2.24) is 0 Å². The third-order valence-corrected chi connectivity index (χ3v) is 3.34. The SMILES string of the molecule is CCC1OCC=C(C(=O)O)[C@@H]1SC(C)=O. The topological polar surface area (TPSA) is 63.6 Å². The molecular formula is C10H14O4S. The van der Waals surface area contributed by atoms with Crippen molar-refractivity contribution >= 4 is 22.8 Å². The maximum Gasteiger partial charge on any atom is 0.332 e. The molecule has 0 saturated heterocycles. The molecule has 0 saturated carbocycles. The van der Waals surface area contributed by atoms with Crippen LogP contribution in [-0.4, -0.2) is 34.2 Å². The van der Waals surface area contributed by atoms with E-state index >= 15 is 0 Å². The number of thioether (sulfide) groups is 1. The summed E-state index contributed by atoms with van der Waals surface area (Å²) in [6.07, 6.45) is 2.06. The third-order valence-electron chi connectivity index (χ3n) is 2.20. The monoisotopic (exact) mass is 230 g/mol. The van der Waals surface area contributed by atoms with Crippen molar-refractivity contribution in [3.63, 3.8) is 0 Å². The van der Waals surface area contributed by atoms with Gasteiger partial charge < -0.3 is 9.84 Å². The number of rotatable bonds is 3. The molecule has 1 aliphatic rings. The Kier molecular flexibility index (Phi) is 4.35. The number of carbonyl (C=O) groups excluding carboxylic acids is 1. The van der Waals surface area contributed by atoms with Gasteiger partial charge in [-0.05, 0) is 12.5 Å². The smallest absolute Gasteiger partial charge is 0.332 e. The fourth-order valence-electron chi connectivity index (χ4n) is 1.52. The highest BCUT2D eigenvalue weighted by molar-refractivity contribution is 8.14. The first-order chi connectivity index (χ1) is 7.06. The standard InChI is InChI=1S/C10H14O4S/c1-3-8-9(15-6(2)11)7(10(12)13)4-5-14-8/h4,8-9H,3,5H2,1-2H3,(H,12,13)/t8?,9-/m0/s1. The molecular weight excluding hydrogens is 216 g/mol. The quantitative estimate of drug-likeness (QED) is 0.795. The van der Waals surface area contributed by atoms with Crippen molar-refractivity contribution in [1.29, 1.82) is 0 Å². The molecule has 1 N–H and O–H groups in total. The minimum absolute atomic E-state index is 0.0869. The normalized spacial score (nSPS) is 25.9. The van der Waals surface area contributed by atoms with Crippen LogP contribution in [0.5, 0.6) is 0 Å². The lowest BCUT2D eigenvalue weighted by Gasteiger charge is -2.29. The molecule has 0 spiro atoms. The van der Waals surface area contributed by atoms with E-state index in [2.05, 4.69) is 0 Å². The van der Waals surface area contributed by atoms with E-state index in [0.29, 0.717) is 13.0 Å². The van der Waals surface area contributed by atoms with Crippen molar-refractivity contribution < 1.29 is 19.4 Å². The molecule has 0 bridgehead atoms. The van der Waals surface area contributed by atoms with Crippen LogP contribution in [0.1, 0.15) is 20.3 Å². The molecule has 0 aromatic heterocycles. The number of ether oxygens (including phenoxy) is 1. The fraction of sp³-hybridized carbons (Fsp3) is 0.600. The van der Waals surface area contributed by atoms with E-state index < -0.39 is 5.97 Å². The van der Waals surface area contributed by atoms with Crippen LogP contribution in [-0.2, 0) is 14.3 Å². The predicted octanol–water partition coefficient (Wildman–Crippen LogP) is 1.45. The van der Waals surface area contributed by atoms with Gasteiger partial charge in [0.05, 0.1) is 23.5 Å². The van der Waals surface area contributed by atoms with Gasteiger partial charge in [-0.25, -0.2) is 4.79 Å². The molecule has 1 rings (SSSR count). The third kappa shape index (κ3) is 3.07. The van der Waals surface area contributed by atoms with Crippen LogP contribution in [0.3, 0.4) is 0 Å². The van der Waals surface area contributed by atoms with Gasteiger partial charge in [-0.15, -0.1) is 0 Å². The lowest BCUT2D eigenvalue weighted by molar-refractivity contribution is -0.133. The molecule has 0 aromatic rings. The van der Waals surface area contributed by atoms with E-state index in [9.17, 15) is 9.59 Å². The first-order valence-electron chi connectivity index (χ1n) is 4.78. The first kappa shape index (κ1) is 12.3. The molecule has 0 fully saturated rings. The van der Waals surface area contributed by atoms with E-state index in [-0.39, 0.29) is 22.0 Å². The molecule has 1 unspecified atom stereocenters. The highest BCUT2D eigenvalue weighted by Crippen LogP contribution is 2.30.